The lowest BCUT2D eigenvalue weighted by Gasteiger charge is -2.19. The maximum absolute atomic E-state index is 12.5. The van der Waals surface area contributed by atoms with Gasteiger partial charge in [0.25, 0.3) is 5.91 Å². The number of rotatable bonds is 5. The number of hydrogen-bond donors (Lipinski definition) is 0. The molecule has 0 saturated carbocycles. The van der Waals surface area contributed by atoms with Crippen LogP contribution in [0.25, 0.3) is 0 Å². The van der Waals surface area contributed by atoms with Gasteiger partial charge in [-0.3, -0.25) is 4.79 Å². The molecule has 0 fully saturated rings. The number of nitrogens with zero attached hydrogens (tertiary/aromatic N) is 1. The minimum Gasteiger partial charge on any atom is -0.493 e. The van der Waals surface area contributed by atoms with Crippen molar-refractivity contribution in [1.82, 2.24) is 4.90 Å². The van der Waals surface area contributed by atoms with Crippen molar-refractivity contribution in [3.05, 3.63) is 57.6 Å². The van der Waals surface area contributed by atoms with Gasteiger partial charge >= 0.3 is 0 Å². The highest BCUT2D eigenvalue weighted by molar-refractivity contribution is 6.36. The van der Waals surface area contributed by atoms with Gasteiger partial charge in [0, 0.05) is 18.6 Å². The minimum absolute atomic E-state index is 0.179. The van der Waals surface area contributed by atoms with Crippen LogP contribution in [0.15, 0.2) is 36.4 Å². The van der Waals surface area contributed by atoms with Crippen LogP contribution in [-0.4, -0.2) is 32.1 Å². The van der Waals surface area contributed by atoms with Crippen LogP contribution in [0.2, 0.25) is 10.0 Å². The molecule has 0 aliphatic carbocycles. The molecule has 4 nitrogen and oxygen atoms in total. The van der Waals surface area contributed by atoms with Gasteiger partial charge in [0.05, 0.1) is 24.8 Å². The molecule has 2 rings (SSSR count). The zero-order valence-corrected chi connectivity index (χ0v) is 14.6. The molecule has 2 aromatic rings. The first-order chi connectivity index (χ1) is 11.0. The van der Waals surface area contributed by atoms with Crippen molar-refractivity contribution in [1.29, 1.82) is 0 Å². The second-order valence-electron chi connectivity index (χ2n) is 4.97. The summed E-state index contributed by atoms with van der Waals surface area (Å²) in [6, 6.07) is 10.4. The molecular formula is C17H17Cl2NO3. The smallest absolute Gasteiger partial charge is 0.255 e. The van der Waals surface area contributed by atoms with Crippen LogP contribution < -0.4 is 9.47 Å². The van der Waals surface area contributed by atoms with Gasteiger partial charge in [-0.1, -0.05) is 29.3 Å². The summed E-state index contributed by atoms with van der Waals surface area (Å²) in [5.74, 6) is 1.09. The molecule has 0 aliphatic heterocycles. The van der Waals surface area contributed by atoms with Crippen molar-refractivity contribution in [2.45, 2.75) is 6.54 Å². The fourth-order valence-corrected chi connectivity index (χ4v) is 2.68. The normalized spacial score (nSPS) is 10.3. The standard InChI is InChI=1S/C17H17Cl2NO3/c1-20(17(21)13-6-5-12(18)9-14(13)19)10-11-4-7-15(22-2)16(8-11)23-3/h4-9H,10H2,1-3H3. The molecule has 6 heteroatoms. The van der Waals surface area contributed by atoms with Crippen LogP contribution >= 0.6 is 23.2 Å². The van der Waals surface area contributed by atoms with E-state index in [1.54, 1.807) is 44.4 Å². The Morgan fingerprint density at radius 1 is 1.04 bits per heavy atom. The molecule has 23 heavy (non-hydrogen) atoms. The van der Waals surface area contributed by atoms with Gasteiger partial charge in [-0.25, -0.2) is 0 Å². The molecule has 0 N–H and O–H groups in total. The summed E-state index contributed by atoms with van der Waals surface area (Å²) >= 11 is 11.9. The summed E-state index contributed by atoms with van der Waals surface area (Å²) in [7, 11) is 4.86. The van der Waals surface area contributed by atoms with E-state index in [4.69, 9.17) is 32.7 Å². The van der Waals surface area contributed by atoms with E-state index in [9.17, 15) is 4.79 Å². The highest BCUT2D eigenvalue weighted by atomic mass is 35.5. The van der Waals surface area contributed by atoms with Crippen molar-refractivity contribution < 1.29 is 14.3 Å². The SMILES string of the molecule is COc1ccc(CN(C)C(=O)c2ccc(Cl)cc2Cl)cc1OC. The highest BCUT2D eigenvalue weighted by Gasteiger charge is 2.16. The van der Waals surface area contributed by atoms with E-state index < -0.39 is 0 Å². The molecule has 0 bridgehead atoms. The summed E-state index contributed by atoms with van der Waals surface area (Å²) in [5, 5.41) is 0.829. The topological polar surface area (TPSA) is 38.8 Å². The summed E-state index contributed by atoms with van der Waals surface area (Å²) in [4.78, 5) is 14.1. The molecule has 2 aromatic carbocycles. The van der Waals surface area contributed by atoms with Gasteiger partial charge in [-0.2, -0.15) is 0 Å². The number of benzene rings is 2. The van der Waals surface area contributed by atoms with Gasteiger partial charge < -0.3 is 14.4 Å². The molecule has 0 spiro atoms. The molecule has 0 aliphatic rings. The summed E-state index contributed by atoms with van der Waals surface area (Å²) in [6.45, 7) is 0.415. The van der Waals surface area contributed by atoms with E-state index in [0.29, 0.717) is 33.7 Å². The predicted molar refractivity (Wildman–Crippen MR) is 91.8 cm³/mol. The molecule has 0 heterocycles. The summed E-state index contributed by atoms with van der Waals surface area (Å²) in [6.07, 6.45) is 0. The van der Waals surface area contributed by atoms with E-state index in [2.05, 4.69) is 0 Å². The number of amides is 1. The number of methoxy groups -OCH3 is 2. The van der Waals surface area contributed by atoms with Crippen LogP contribution in [0.4, 0.5) is 0 Å². The average Bonchev–Trinajstić information content (AvgIpc) is 2.54. The fourth-order valence-electron chi connectivity index (χ4n) is 2.19. The number of carbonyl (C=O) groups is 1. The lowest BCUT2D eigenvalue weighted by atomic mass is 10.1. The third kappa shape index (κ3) is 4.09. The van der Waals surface area contributed by atoms with Gasteiger partial charge in [0.1, 0.15) is 0 Å². The Kier molecular flexibility index (Phi) is 5.74. The van der Waals surface area contributed by atoms with E-state index in [1.807, 2.05) is 18.2 Å². The van der Waals surface area contributed by atoms with E-state index in [0.717, 1.165) is 5.56 Å². The van der Waals surface area contributed by atoms with Crippen LogP contribution in [0, 0.1) is 0 Å². The van der Waals surface area contributed by atoms with Crippen molar-refractivity contribution in [2.24, 2.45) is 0 Å². The van der Waals surface area contributed by atoms with Crippen LogP contribution in [0.3, 0.4) is 0 Å². The summed E-state index contributed by atoms with van der Waals surface area (Å²) < 4.78 is 10.5. The third-order valence-corrected chi connectivity index (χ3v) is 3.92. The quantitative estimate of drug-likeness (QED) is 0.804. The van der Waals surface area contributed by atoms with E-state index in [1.165, 1.54) is 0 Å². The molecule has 122 valence electrons. The monoisotopic (exact) mass is 353 g/mol. The zero-order chi connectivity index (χ0) is 17.0. The summed E-state index contributed by atoms with van der Waals surface area (Å²) in [5.41, 5.74) is 1.34. The van der Waals surface area contributed by atoms with Crippen molar-refractivity contribution in [2.75, 3.05) is 21.3 Å². The third-order valence-electron chi connectivity index (χ3n) is 3.38. The van der Waals surface area contributed by atoms with Gasteiger partial charge in [0.2, 0.25) is 0 Å². The van der Waals surface area contributed by atoms with Crippen LogP contribution in [0.5, 0.6) is 11.5 Å². The number of halogens is 2. The highest BCUT2D eigenvalue weighted by Crippen LogP contribution is 2.28. The molecule has 0 saturated heterocycles. The fraction of sp³-hybridized carbons (Fsp3) is 0.235. The maximum atomic E-state index is 12.5. The zero-order valence-electron chi connectivity index (χ0n) is 13.1. The number of carbonyl (C=O) groups excluding carboxylic acids is 1. The lowest BCUT2D eigenvalue weighted by Crippen LogP contribution is -2.26. The maximum Gasteiger partial charge on any atom is 0.255 e. The Labute approximate surface area is 145 Å². The largest absolute Gasteiger partial charge is 0.493 e. The number of hydrogen-bond acceptors (Lipinski definition) is 3. The molecule has 0 atom stereocenters. The molecular weight excluding hydrogens is 337 g/mol. The molecule has 0 aromatic heterocycles. The number of ether oxygens (including phenoxy) is 2. The second kappa shape index (κ2) is 7.57. The molecule has 1 amide bonds. The Morgan fingerprint density at radius 3 is 2.35 bits per heavy atom. The predicted octanol–water partition coefficient (Wildman–Crippen LogP) is 4.28. The first kappa shape index (κ1) is 17.4. The average molecular weight is 354 g/mol. The Balaban J connectivity index is 2.18. The lowest BCUT2D eigenvalue weighted by molar-refractivity contribution is 0.0785. The van der Waals surface area contributed by atoms with Gasteiger partial charge in [-0.15, -0.1) is 0 Å². The van der Waals surface area contributed by atoms with Crippen molar-refractivity contribution >= 4 is 29.1 Å². The Morgan fingerprint density at radius 2 is 1.74 bits per heavy atom. The van der Waals surface area contributed by atoms with E-state index in [-0.39, 0.29) is 5.91 Å². The minimum atomic E-state index is -0.179. The van der Waals surface area contributed by atoms with Crippen LogP contribution in [-0.2, 0) is 6.54 Å². The molecule has 0 unspecified atom stereocenters. The van der Waals surface area contributed by atoms with Gasteiger partial charge in [-0.05, 0) is 35.9 Å². The Hall–Kier alpha value is -1.91. The second-order valence-corrected chi connectivity index (χ2v) is 5.82. The Bertz CT molecular complexity index is 719. The van der Waals surface area contributed by atoms with Crippen LogP contribution in [0.1, 0.15) is 15.9 Å². The van der Waals surface area contributed by atoms with Crippen molar-refractivity contribution in [3.63, 3.8) is 0 Å². The first-order valence-electron chi connectivity index (χ1n) is 6.87. The van der Waals surface area contributed by atoms with Crippen molar-refractivity contribution in [3.8, 4) is 11.5 Å². The van der Waals surface area contributed by atoms with E-state index >= 15 is 0 Å². The first-order valence-corrected chi connectivity index (χ1v) is 7.63. The molecule has 0 radical (unpaired) electrons. The van der Waals surface area contributed by atoms with Gasteiger partial charge in [0.15, 0.2) is 11.5 Å².